The van der Waals surface area contributed by atoms with Gasteiger partial charge in [0.2, 0.25) is 0 Å². The molecule has 0 amide bonds. The topological polar surface area (TPSA) is 150 Å². The van der Waals surface area contributed by atoms with Gasteiger partial charge in [0.25, 0.3) is 6.64 Å². The molecule has 10 heavy (non-hydrogen) atoms. The van der Waals surface area contributed by atoms with Crippen molar-refractivity contribution in [3.8, 4) is 0 Å². The fourth-order valence-electron chi connectivity index (χ4n) is 0. The molecule has 0 aliphatic carbocycles. The summed E-state index contributed by atoms with van der Waals surface area (Å²) < 4.78 is 9.10. The van der Waals surface area contributed by atoms with Gasteiger partial charge in [0, 0.05) is 0 Å². The third-order valence-electron chi connectivity index (χ3n) is 0. The van der Waals surface area contributed by atoms with Gasteiger partial charge in [0.15, 0.2) is 0 Å². The van der Waals surface area contributed by atoms with Crippen molar-refractivity contribution in [3.05, 3.63) is 0 Å². The predicted octanol–water partition coefficient (Wildman–Crippen LogP) is -1.81. The third kappa shape index (κ3) is 1230. The molecule has 0 aromatic rings. The Balaban J connectivity index is 0. The van der Waals surface area contributed by atoms with E-state index in [0.29, 0.717) is 0 Å². The van der Waals surface area contributed by atoms with Crippen LogP contribution >= 0.6 is 14.4 Å². The van der Waals surface area contributed by atoms with E-state index >= 15 is 0 Å². The Hall–Kier alpha value is 0.640. The van der Waals surface area contributed by atoms with Gasteiger partial charge in [-0.3, -0.25) is 5.50 Å². The molecule has 0 aliphatic rings. The average molecular weight is 210 g/mol. The fraction of sp³-hybridized carbons (Fsp3) is 0. The molecule has 0 saturated carbocycles. The fourth-order valence-corrected chi connectivity index (χ4v) is 0. The van der Waals surface area contributed by atoms with Crippen LogP contribution in [0.3, 0.4) is 0 Å². The van der Waals surface area contributed by atoms with E-state index < -0.39 is 14.4 Å². The van der Waals surface area contributed by atoms with E-state index in [2.05, 4.69) is 22.8 Å². The maximum absolute atomic E-state index is 9.10. The van der Waals surface area contributed by atoms with Crippen molar-refractivity contribution in [3.63, 3.8) is 0 Å². The largest absolute Gasteiger partial charge is 0.397 e. The van der Waals surface area contributed by atoms with Gasteiger partial charge in [-0.25, -0.2) is 10.1 Å². The lowest BCUT2D eigenvalue weighted by Crippen LogP contribution is -1.87. The Labute approximate surface area is 62.1 Å². The number of rotatable bonds is 0. The van der Waals surface area contributed by atoms with Gasteiger partial charge in [-0.05, 0) is 11.8 Å². The minimum atomic E-state index is -4.14. The molecule has 7 nitrogen and oxygen atoms in total. The second-order valence-corrected chi connectivity index (χ2v) is 5.15. The maximum Gasteiger partial charge on any atom is 0.397 e. The van der Waals surface area contributed by atoms with Gasteiger partial charge in [-0.15, -0.1) is 0 Å². The minimum absolute atomic E-state index is 3.31. The molecule has 10 heteroatoms. The van der Waals surface area contributed by atoms with Crippen LogP contribution in [0.5, 0.6) is 0 Å². The summed E-state index contributed by atoms with van der Waals surface area (Å²) in [5.74, 6) is 0. The van der Waals surface area contributed by atoms with Crippen molar-refractivity contribution in [1.29, 1.82) is 0 Å². The summed E-state index contributed by atoms with van der Waals surface area (Å²) in [4.78, 5) is 30.4. The molecule has 0 unspecified atom stereocenters. The van der Waals surface area contributed by atoms with Crippen molar-refractivity contribution >= 4 is 26.2 Å². The molecule has 0 heterocycles. The summed E-state index contributed by atoms with van der Waals surface area (Å²) in [6.45, 7) is -3.31. The standard InChI is InChI=1S/H4NO3P.H4NO2PS/c1-5(2,3)4;1-4(2,3)5/h(H4,1,2,3,4);(H4,1,2,3,5). The van der Waals surface area contributed by atoms with Crippen LogP contribution in [0.1, 0.15) is 0 Å². The molecular formula is H8N2O5P2S. The second-order valence-electron chi connectivity index (χ2n) is 1.18. The van der Waals surface area contributed by atoms with Crippen molar-refractivity contribution in [2.24, 2.45) is 11.0 Å². The lowest BCUT2D eigenvalue weighted by Gasteiger charge is -1.90. The van der Waals surface area contributed by atoms with Gasteiger partial charge in [0.1, 0.15) is 0 Å². The first-order valence-corrected chi connectivity index (χ1v) is 6.14. The van der Waals surface area contributed by atoms with E-state index in [1.165, 1.54) is 0 Å². The Kier molecular flexibility index (Phi) is 5.97. The third-order valence-corrected chi connectivity index (χ3v) is 0. The zero-order chi connectivity index (χ0) is 9.00. The van der Waals surface area contributed by atoms with E-state index in [9.17, 15) is 0 Å². The highest BCUT2D eigenvalue weighted by atomic mass is 32.5. The molecule has 0 aliphatic heterocycles. The van der Waals surface area contributed by atoms with Crippen LogP contribution in [0.15, 0.2) is 0 Å². The van der Waals surface area contributed by atoms with E-state index in [1.807, 2.05) is 0 Å². The van der Waals surface area contributed by atoms with Gasteiger partial charge in [-0.2, -0.15) is 0 Å². The average Bonchev–Trinajstić information content (AvgIpc) is 1.12. The lowest BCUT2D eigenvalue weighted by atomic mass is 13.9. The summed E-state index contributed by atoms with van der Waals surface area (Å²) >= 11 is 3.83. The molecule has 0 fully saturated rings. The van der Waals surface area contributed by atoms with Crippen LogP contribution in [0.2, 0.25) is 0 Å². The van der Waals surface area contributed by atoms with Gasteiger partial charge in [-0.1, -0.05) is 0 Å². The first-order valence-electron chi connectivity index (χ1n) is 1.68. The summed E-state index contributed by atoms with van der Waals surface area (Å²) in [6, 6.07) is 0. The molecule has 0 radical (unpaired) electrons. The van der Waals surface area contributed by atoms with E-state index in [0.717, 1.165) is 0 Å². The Morgan fingerprint density at radius 3 is 1.10 bits per heavy atom. The molecule has 0 aromatic carbocycles. The van der Waals surface area contributed by atoms with Crippen molar-refractivity contribution in [1.82, 2.24) is 0 Å². The molecule has 0 spiro atoms. The summed E-state index contributed by atoms with van der Waals surface area (Å²) in [5, 5.41) is 0. The van der Waals surface area contributed by atoms with Crippen molar-refractivity contribution in [2.75, 3.05) is 0 Å². The molecule has 64 valence electrons. The Morgan fingerprint density at radius 1 is 1.10 bits per heavy atom. The minimum Gasteiger partial charge on any atom is -0.334 e. The molecule has 0 aromatic heterocycles. The summed E-state index contributed by atoms with van der Waals surface area (Å²) in [5.41, 5.74) is 8.41. The summed E-state index contributed by atoms with van der Waals surface area (Å²) in [7, 11) is -4.14. The highest BCUT2D eigenvalue weighted by Gasteiger charge is 1.96. The van der Waals surface area contributed by atoms with Crippen LogP contribution in [0, 0.1) is 0 Å². The first kappa shape index (κ1) is 13.2. The van der Waals surface area contributed by atoms with E-state index in [1.54, 1.807) is 0 Å². The van der Waals surface area contributed by atoms with Crippen LogP contribution in [0.25, 0.3) is 0 Å². The molecule has 0 saturated heterocycles. The second kappa shape index (κ2) is 4.50. The van der Waals surface area contributed by atoms with Crippen LogP contribution in [-0.4, -0.2) is 19.6 Å². The van der Waals surface area contributed by atoms with Gasteiger partial charge < -0.3 is 19.6 Å². The highest BCUT2D eigenvalue weighted by Crippen LogP contribution is 2.20. The SMILES string of the molecule is NP(=O)(O)O.NP(O)(O)=S. The Morgan fingerprint density at radius 2 is 1.10 bits per heavy atom. The van der Waals surface area contributed by atoms with Crippen LogP contribution in [-0.2, 0) is 16.4 Å². The molecule has 0 bridgehead atoms. The van der Waals surface area contributed by atoms with Crippen molar-refractivity contribution in [2.45, 2.75) is 0 Å². The molecule has 0 rings (SSSR count). The number of nitrogens with two attached hydrogens (primary N) is 2. The lowest BCUT2D eigenvalue weighted by molar-refractivity contribution is 0.374. The van der Waals surface area contributed by atoms with Gasteiger partial charge in [0.05, 0.1) is 0 Å². The Bertz CT molecular complexity index is 130. The van der Waals surface area contributed by atoms with Gasteiger partial charge >= 0.3 is 7.75 Å². The summed E-state index contributed by atoms with van der Waals surface area (Å²) in [6.07, 6.45) is 0. The van der Waals surface area contributed by atoms with Crippen LogP contribution in [0.4, 0.5) is 0 Å². The zero-order valence-electron chi connectivity index (χ0n) is 4.65. The van der Waals surface area contributed by atoms with E-state index in [4.69, 9.17) is 24.1 Å². The van der Waals surface area contributed by atoms with Crippen molar-refractivity contribution < 1.29 is 24.1 Å². The maximum atomic E-state index is 9.10. The first-order chi connectivity index (χ1) is 4.00. The molecule has 0 atom stereocenters. The number of hydrogen-bond donors (Lipinski definition) is 6. The zero-order valence-corrected chi connectivity index (χ0v) is 7.26. The normalized spacial score (nSPS) is 11.8. The molecule has 8 N–H and O–H groups in total. The molecular weight excluding hydrogens is 202 g/mol. The van der Waals surface area contributed by atoms with E-state index in [-0.39, 0.29) is 0 Å². The number of hydrogen-bond acceptors (Lipinski definition) is 2. The quantitative estimate of drug-likeness (QED) is 0.256. The highest BCUT2D eigenvalue weighted by molar-refractivity contribution is 8.07. The van der Waals surface area contributed by atoms with Crippen LogP contribution < -0.4 is 11.0 Å². The predicted molar refractivity (Wildman–Crippen MR) is 39.1 cm³/mol. The monoisotopic (exact) mass is 210 g/mol. The smallest absolute Gasteiger partial charge is 0.334 e.